The predicted molar refractivity (Wildman–Crippen MR) is 70.0 cm³/mol. The van der Waals surface area contributed by atoms with Gasteiger partial charge in [-0.15, -0.1) is 0 Å². The molecule has 1 aromatic carbocycles. The number of halogens is 1. The Morgan fingerprint density at radius 3 is 2.94 bits per heavy atom. The number of hydrogen-bond donors (Lipinski definition) is 1. The van der Waals surface area contributed by atoms with Gasteiger partial charge in [0.1, 0.15) is 0 Å². The molecular weight excluding hydrogens is 218 g/mol. The van der Waals surface area contributed by atoms with Crippen LogP contribution in [0, 0.1) is 5.92 Å². The summed E-state index contributed by atoms with van der Waals surface area (Å²) in [5, 5.41) is 4.51. The summed E-state index contributed by atoms with van der Waals surface area (Å²) in [6.45, 7) is 3.45. The SMILES string of the molecule is CCC1CCNC(Cc2ccccc2Cl)C1. The van der Waals surface area contributed by atoms with Gasteiger partial charge in [-0.05, 0) is 43.4 Å². The van der Waals surface area contributed by atoms with Crippen molar-refractivity contribution in [3.63, 3.8) is 0 Å². The smallest absolute Gasteiger partial charge is 0.0438 e. The van der Waals surface area contributed by atoms with Crippen LogP contribution >= 0.6 is 11.6 Å². The summed E-state index contributed by atoms with van der Waals surface area (Å²) in [4.78, 5) is 0. The van der Waals surface area contributed by atoms with Crippen molar-refractivity contribution >= 4 is 11.6 Å². The Morgan fingerprint density at radius 1 is 1.38 bits per heavy atom. The Bertz CT molecular complexity index is 337. The van der Waals surface area contributed by atoms with Crippen LogP contribution in [0.25, 0.3) is 0 Å². The maximum atomic E-state index is 6.19. The normalized spacial score (nSPS) is 25.6. The van der Waals surface area contributed by atoms with Crippen molar-refractivity contribution in [1.82, 2.24) is 5.32 Å². The van der Waals surface area contributed by atoms with E-state index in [1.165, 1.54) is 24.8 Å². The summed E-state index contributed by atoms with van der Waals surface area (Å²) in [7, 11) is 0. The van der Waals surface area contributed by atoms with Crippen molar-refractivity contribution in [3.05, 3.63) is 34.9 Å². The van der Waals surface area contributed by atoms with Gasteiger partial charge in [-0.3, -0.25) is 0 Å². The zero-order chi connectivity index (χ0) is 11.4. The first kappa shape index (κ1) is 11.9. The summed E-state index contributed by atoms with van der Waals surface area (Å²) in [5.41, 5.74) is 1.28. The van der Waals surface area contributed by atoms with Crippen molar-refractivity contribution in [2.45, 2.75) is 38.6 Å². The fraction of sp³-hybridized carbons (Fsp3) is 0.571. The number of piperidine rings is 1. The lowest BCUT2D eigenvalue weighted by Crippen LogP contribution is -2.39. The summed E-state index contributed by atoms with van der Waals surface area (Å²) >= 11 is 6.19. The Hall–Kier alpha value is -0.530. The average molecular weight is 238 g/mol. The molecule has 0 aliphatic carbocycles. The van der Waals surface area contributed by atoms with Crippen LogP contribution in [-0.2, 0) is 6.42 Å². The summed E-state index contributed by atoms with van der Waals surface area (Å²) in [6, 6.07) is 8.80. The lowest BCUT2D eigenvalue weighted by atomic mass is 9.88. The molecule has 2 heteroatoms. The highest BCUT2D eigenvalue weighted by Crippen LogP contribution is 2.24. The molecule has 1 N–H and O–H groups in total. The minimum Gasteiger partial charge on any atom is -0.314 e. The van der Waals surface area contributed by atoms with E-state index in [-0.39, 0.29) is 0 Å². The van der Waals surface area contributed by atoms with E-state index in [1.807, 2.05) is 12.1 Å². The third-order valence-electron chi connectivity index (χ3n) is 3.60. The predicted octanol–water partition coefficient (Wildman–Crippen LogP) is 3.66. The van der Waals surface area contributed by atoms with Gasteiger partial charge in [0.15, 0.2) is 0 Å². The van der Waals surface area contributed by atoms with Crippen molar-refractivity contribution in [2.24, 2.45) is 5.92 Å². The Kier molecular flexibility index (Phi) is 4.25. The second-order valence-corrected chi connectivity index (χ2v) is 5.15. The highest BCUT2D eigenvalue weighted by Gasteiger charge is 2.20. The Labute approximate surface area is 103 Å². The molecule has 0 bridgehead atoms. The van der Waals surface area contributed by atoms with Gasteiger partial charge >= 0.3 is 0 Å². The summed E-state index contributed by atoms with van der Waals surface area (Å²) in [5.74, 6) is 0.897. The van der Waals surface area contributed by atoms with E-state index in [9.17, 15) is 0 Å². The first-order chi connectivity index (χ1) is 7.79. The molecule has 1 aliphatic heterocycles. The molecule has 0 radical (unpaired) electrons. The second-order valence-electron chi connectivity index (χ2n) is 4.75. The molecule has 1 nitrogen and oxygen atoms in total. The van der Waals surface area contributed by atoms with Crippen LogP contribution in [-0.4, -0.2) is 12.6 Å². The number of rotatable bonds is 3. The van der Waals surface area contributed by atoms with Crippen molar-refractivity contribution < 1.29 is 0 Å². The van der Waals surface area contributed by atoms with Gasteiger partial charge in [0, 0.05) is 11.1 Å². The fourth-order valence-corrected chi connectivity index (χ4v) is 2.76. The molecule has 0 aromatic heterocycles. The third-order valence-corrected chi connectivity index (χ3v) is 3.97. The number of nitrogens with one attached hydrogen (secondary N) is 1. The molecule has 1 aromatic rings. The molecule has 1 saturated heterocycles. The van der Waals surface area contributed by atoms with Crippen LogP contribution in [0.5, 0.6) is 0 Å². The molecule has 0 spiro atoms. The largest absolute Gasteiger partial charge is 0.314 e. The minimum absolute atomic E-state index is 0.610. The monoisotopic (exact) mass is 237 g/mol. The van der Waals surface area contributed by atoms with Crippen LogP contribution in [0.15, 0.2) is 24.3 Å². The van der Waals surface area contributed by atoms with E-state index in [2.05, 4.69) is 24.4 Å². The molecular formula is C14H20ClN. The molecule has 2 unspecified atom stereocenters. The van der Waals surface area contributed by atoms with Crippen molar-refractivity contribution in [1.29, 1.82) is 0 Å². The fourth-order valence-electron chi connectivity index (χ4n) is 2.55. The quantitative estimate of drug-likeness (QED) is 0.846. The lowest BCUT2D eigenvalue weighted by Gasteiger charge is -2.30. The molecule has 2 atom stereocenters. The zero-order valence-corrected chi connectivity index (χ0v) is 10.6. The van der Waals surface area contributed by atoms with Crippen molar-refractivity contribution in [3.8, 4) is 0 Å². The van der Waals surface area contributed by atoms with E-state index in [1.54, 1.807) is 0 Å². The molecule has 2 rings (SSSR count). The van der Waals surface area contributed by atoms with Gasteiger partial charge in [-0.2, -0.15) is 0 Å². The van der Waals surface area contributed by atoms with Crippen LogP contribution in [0.4, 0.5) is 0 Å². The van der Waals surface area contributed by atoms with Gasteiger partial charge in [0.25, 0.3) is 0 Å². The molecule has 88 valence electrons. The molecule has 1 heterocycles. The van der Waals surface area contributed by atoms with E-state index < -0.39 is 0 Å². The summed E-state index contributed by atoms with van der Waals surface area (Å²) in [6.07, 6.45) is 4.99. The maximum absolute atomic E-state index is 6.19. The molecule has 1 fully saturated rings. The van der Waals surface area contributed by atoms with E-state index in [0.29, 0.717) is 6.04 Å². The number of hydrogen-bond acceptors (Lipinski definition) is 1. The lowest BCUT2D eigenvalue weighted by molar-refractivity contribution is 0.294. The van der Waals surface area contributed by atoms with Crippen LogP contribution in [0.1, 0.15) is 31.7 Å². The standard InChI is InChI=1S/C14H20ClN/c1-2-11-7-8-16-13(9-11)10-12-5-3-4-6-14(12)15/h3-6,11,13,16H,2,7-10H2,1H3. The topological polar surface area (TPSA) is 12.0 Å². The van der Waals surface area contributed by atoms with Gasteiger partial charge in [-0.1, -0.05) is 43.1 Å². The van der Waals surface area contributed by atoms with Gasteiger partial charge in [0.2, 0.25) is 0 Å². The highest BCUT2D eigenvalue weighted by molar-refractivity contribution is 6.31. The van der Waals surface area contributed by atoms with Crippen LogP contribution in [0.3, 0.4) is 0 Å². The minimum atomic E-state index is 0.610. The van der Waals surface area contributed by atoms with Gasteiger partial charge < -0.3 is 5.32 Å². The molecule has 0 amide bonds. The van der Waals surface area contributed by atoms with Gasteiger partial charge in [0.05, 0.1) is 0 Å². The van der Waals surface area contributed by atoms with Crippen molar-refractivity contribution in [2.75, 3.05) is 6.54 Å². The van der Waals surface area contributed by atoms with Crippen LogP contribution in [0.2, 0.25) is 5.02 Å². The molecule has 0 saturated carbocycles. The first-order valence-corrected chi connectivity index (χ1v) is 6.64. The first-order valence-electron chi connectivity index (χ1n) is 6.26. The Morgan fingerprint density at radius 2 is 2.19 bits per heavy atom. The zero-order valence-electron chi connectivity index (χ0n) is 9.88. The third kappa shape index (κ3) is 2.99. The maximum Gasteiger partial charge on any atom is 0.0438 e. The molecule has 16 heavy (non-hydrogen) atoms. The van der Waals surface area contributed by atoms with E-state index in [4.69, 9.17) is 11.6 Å². The number of benzene rings is 1. The Balaban J connectivity index is 1.97. The average Bonchev–Trinajstić information content (AvgIpc) is 2.32. The molecule has 1 aliphatic rings. The van der Waals surface area contributed by atoms with E-state index in [0.717, 1.165) is 23.9 Å². The van der Waals surface area contributed by atoms with Crippen LogP contribution < -0.4 is 5.32 Å². The second kappa shape index (κ2) is 5.70. The van der Waals surface area contributed by atoms with Gasteiger partial charge in [-0.25, -0.2) is 0 Å². The summed E-state index contributed by atoms with van der Waals surface area (Å²) < 4.78 is 0. The van der Waals surface area contributed by atoms with E-state index >= 15 is 0 Å². The highest BCUT2D eigenvalue weighted by atomic mass is 35.5.